The summed E-state index contributed by atoms with van der Waals surface area (Å²) in [6.45, 7) is 3.09. The minimum atomic E-state index is 0. The normalized spacial score (nSPS) is 12.2. The summed E-state index contributed by atoms with van der Waals surface area (Å²) in [4.78, 5) is 4.32. The van der Waals surface area contributed by atoms with Crippen LogP contribution in [0.1, 0.15) is 12.5 Å². The Labute approximate surface area is 160 Å². The third-order valence-electron chi connectivity index (χ3n) is 3.15. The molecule has 0 fully saturated rings. The molecule has 2 aromatic rings. The van der Waals surface area contributed by atoms with E-state index < -0.39 is 0 Å². The van der Waals surface area contributed by atoms with Crippen LogP contribution in [0.25, 0.3) is 0 Å². The van der Waals surface area contributed by atoms with E-state index in [1.807, 2.05) is 61.5 Å². The molecule has 130 valence electrons. The van der Waals surface area contributed by atoms with Gasteiger partial charge in [0, 0.05) is 13.2 Å². The highest BCUT2D eigenvalue weighted by Crippen LogP contribution is 2.21. The fourth-order valence-electron chi connectivity index (χ4n) is 2.05. The summed E-state index contributed by atoms with van der Waals surface area (Å²) in [6, 6.07) is 17.6. The van der Waals surface area contributed by atoms with Crippen molar-refractivity contribution in [2.45, 2.75) is 19.5 Å². The monoisotopic (exact) mass is 441 g/mol. The van der Waals surface area contributed by atoms with Gasteiger partial charge in [-0.25, -0.2) is 4.99 Å². The van der Waals surface area contributed by atoms with E-state index in [1.165, 1.54) is 0 Å². The zero-order chi connectivity index (χ0) is 16.5. The van der Waals surface area contributed by atoms with Crippen molar-refractivity contribution in [3.63, 3.8) is 0 Å². The highest BCUT2D eigenvalue weighted by Gasteiger charge is 2.02. The number of aliphatic imine (C=N–C) groups is 1. The third kappa shape index (κ3) is 7.18. The van der Waals surface area contributed by atoms with Crippen molar-refractivity contribution in [1.29, 1.82) is 0 Å². The SMILES string of the molecule is COCC(C)NC(N)=NCc1ccc(Oc2ccccc2)cc1.I. The van der Waals surface area contributed by atoms with Crippen LogP contribution in [0, 0.1) is 0 Å². The maximum Gasteiger partial charge on any atom is 0.189 e. The molecule has 0 saturated carbocycles. The number of para-hydroxylation sites is 1. The fraction of sp³-hybridized carbons (Fsp3) is 0.278. The Hall–Kier alpha value is -1.80. The van der Waals surface area contributed by atoms with Crippen molar-refractivity contribution >= 4 is 29.9 Å². The van der Waals surface area contributed by atoms with Gasteiger partial charge >= 0.3 is 0 Å². The molecule has 5 nitrogen and oxygen atoms in total. The largest absolute Gasteiger partial charge is 0.457 e. The Kier molecular flexibility index (Phi) is 9.18. The molecule has 0 aromatic heterocycles. The van der Waals surface area contributed by atoms with Gasteiger partial charge in [0.15, 0.2) is 5.96 Å². The van der Waals surface area contributed by atoms with Gasteiger partial charge in [-0.2, -0.15) is 0 Å². The molecule has 0 aliphatic carbocycles. The van der Waals surface area contributed by atoms with Gasteiger partial charge in [0.2, 0.25) is 0 Å². The minimum Gasteiger partial charge on any atom is -0.457 e. The first-order valence-electron chi connectivity index (χ1n) is 7.54. The first-order chi connectivity index (χ1) is 11.2. The van der Waals surface area contributed by atoms with Crippen LogP contribution in [0.2, 0.25) is 0 Å². The topological polar surface area (TPSA) is 68.9 Å². The molecule has 0 bridgehead atoms. The van der Waals surface area contributed by atoms with Gasteiger partial charge in [-0.05, 0) is 36.8 Å². The quantitative estimate of drug-likeness (QED) is 0.392. The van der Waals surface area contributed by atoms with Gasteiger partial charge in [0.05, 0.1) is 13.2 Å². The molecule has 1 atom stereocenters. The zero-order valence-electron chi connectivity index (χ0n) is 13.9. The highest BCUT2D eigenvalue weighted by atomic mass is 127. The molecule has 0 saturated heterocycles. The van der Waals surface area contributed by atoms with E-state index >= 15 is 0 Å². The number of guanidine groups is 1. The number of benzene rings is 2. The highest BCUT2D eigenvalue weighted by molar-refractivity contribution is 14.0. The lowest BCUT2D eigenvalue weighted by atomic mass is 10.2. The summed E-state index contributed by atoms with van der Waals surface area (Å²) in [7, 11) is 1.66. The molecular weight excluding hydrogens is 417 g/mol. The van der Waals surface area contributed by atoms with Gasteiger partial charge in [-0.15, -0.1) is 24.0 Å². The van der Waals surface area contributed by atoms with E-state index in [0.717, 1.165) is 17.1 Å². The Bertz CT molecular complexity index is 618. The van der Waals surface area contributed by atoms with Crippen molar-refractivity contribution < 1.29 is 9.47 Å². The van der Waals surface area contributed by atoms with Crippen LogP contribution in [0.5, 0.6) is 11.5 Å². The Morgan fingerprint density at radius 3 is 2.33 bits per heavy atom. The summed E-state index contributed by atoms with van der Waals surface area (Å²) in [5, 5.41) is 3.07. The number of ether oxygens (including phenoxy) is 2. The molecule has 0 radical (unpaired) electrons. The lowest BCUT2D eigenvalue weighted by Crippen LogP contribution is -2.40. The molecule has 0 spiro atoms. The number of rotatable bonds is 7. The lowest BCUT2D eigenvalue weighted by molar-refractivity contribution is 0.179. The van der Waals surface area contributed by atoms with Crippen molar-refractivity contribution in [2.24, 2.45) is 10.7 Å². The van der Waals surface area contributed by atoms with Crippen LogP contribution in [0.4, 0.5) is 0 Å². The number of nitrogens with two attached hydrogens (primary N) is 1. The average molecular weight is 441 g/mol. The molecule has 2 aromatic carbocycles. The molecule has 0 heterocycles. The van der Waals surface area contributed by atoms with Crippen LogP contribution in [0.15, 0.2) is 59.6 Å². The van der Waals surface area contributed by atoms with Gasteiger partial charge < -0.3 is 20.5 Å². The Balaban J connectivity index is 0.00000288. The van der Waals surface area contributed by atoms with Crippen LogP contribution in [-0.4, -0.2) is 25.7 Å². The van der Waals surface area contributed by atoms with Gasteiger partial charge in [0.25, 0.3) is 0 Å². The van der Waals surface area contributed by atoms with Gasteiger partial charge in [0.1, 0.15) is 11.5 Å². The smallest absolute Gasteiger partial charge is 0.189 e. The van der Waals surface area contributed by atoms with Crippen LogP contribution in [-0.2, 0) is 11.3 Å². The van der Waals surface area contributed by atoms with Crippen molar-refractivity contribution in [3.8, 4) is 11.5 Å². The van der Waals surface area contributed by atoms with Gasteiger partial charge in [-0.3, -0.25) is 0 Å². The molecule has 3 N–H and O–H groups in total. The molecule has 0 aliphatic heterocycles. The molecule has 0 aliphatic rings. The van der Waals surface area contributed by atoms with E-state index in [0.29, 0.717) is 19.1 Å². The van der Waals surface area contributed by atoms with E-state index in [9.17, 15) is 0 Å². The predicted molar refractivity (Wildman–Crippen MR) is 108 cm³/mol. The minimum absolute atomic E-state index is 0. The zero-order valence-corrected chi connectivity index (χ0v) is 16.3. The summed E-state index contributed by atoms with van der Waals surface area (Å²) in [5.74, 6) is 2.03. The summed E-state index contributed by atoms with van der Waals surface area (Å²) in [5.41, 5.74) is 6.91. The van der Waals surface area contributed by atoms with E-state index in [1.54, 1.807) is 7.11 Å². The standard InChI is InChI=1S/C18H23N3O2.HI/c1-14(13-22-2)21-18(19)20-12-15-8-10-17(11-9-15)23-16-6-4-3-5-7-16;/h3-11,14H,12-13H2,1-2H3,(H3,19,20,21);1H. The number of nitrogens with one attached hydrogen (secondary N) is 1. The second kappa shape index (κ2) is 10.9. The summed E-state index contributed by atoms with van der Waals surface area (Å²) >= 11 is 0. The fourth-order valence-corrected chi connectivity index (χ4v) is 2.05. The van der Waals surface area contributed by atoms with E-state index in [4.69, 9.17) is 15.2 Å². The third-order valence-corrected chi connectivity index (χ3v) is 3.15. The molecular formula is C18H24IN3O2. The van der Waals surface area contributed by atoms with E-state index in [2.05, 4.69) is 10.3 Å². The maximum absolute atomic E-state index is 5.84. The number of nitrogens with zero attached hydrogens (tertiary/aromatic N) is 1. The Morgan fingerprint density at radius 2 is 1.71 bits per heavy atom. The molecule has 1 unspecified atom stereocenters. The molecule has 2 rings (SSSR count). The van der Waals surface area contributed by atoms with E-state index in [-0.39, 0.29) is 30.0 Å². The number of halogens is 1. The van der Waals surface area contributed by atoms with Crippen LogP contribution < -0.4 is 15.8 Å². The first kappa shape index (κ1) is 20.2. The van der Waals surface area contributed by atoms with Crippen LogP contribution >= 0.6 is 24.0 Å². The van der Waals surface area contributed by atoms with Crippen molar-refractivity contribution in [3.05, 3.63) is 60.2 Å². The summed E-state index contributed by atoms with van der Waals surface area (Å²) in [6.07, 6.45) is 0. The molecule has 24 heavy (non-hydrogen) atoms. The average Bonchev–Trinajstić information content (AvgIpc) is 2.55. The predicted octanol–water partition coefficient (Wildman–Crippen LogP) is 3.54. The lowest BCUT2D eigenvalue weighted by Gasteiger charge is -2.13. The number of hydrogen-bond donors (Lipinski definition) is 2. The number of hydrogen-bond acceptors (Lipinski definition) is 3. The first-order valence-corrected chi connectivity index (χ1v) is 7.54. The molecule has 0 amide bonds. The van der Waals surface area contributed by atoms with Crippen molar-refractivity contribution in [1.82, 2.24) is 5.32 Å². The molecule has 6 heteroatoms. The Morgan fingerprint density at radius 1 is 1.08 bits per heavy atom. The van der Waals surface area contributed by atoms with Gasteiger partial charge in [-0.1, -0.05) is 30.3 Å². The number of methoxy groups -OCH3 is 1. The maximum atomic E-state index is 5.84. The second-order valence-electron chi connectivity index (χ2n) is 5.26. The van der Waals surface area contributed by atoms with Crippen molar-refractivity contribution in [2.75, 3.05) is 13.7 Å². The van der Waals surface area contributed by atoms with Crippen LogP contribution in [0.3, 0.4) is 0 Å². The summed E-state index contributed by atoms with van der Waals surface area (Å²) < 4.78 is 10.8. The second-order valence-corrected chi connectivity index (χ2v) is 5.26.